The van der Waals surface area contributed by atoms with E-state index in [2.05, 4.69) is 4.72 Å². The summed E-state index contributed by atoms with van der Waals surface area (Å²) in [5, 5.41) is 10.2. The molecule has 1 fully saturated rings. The molecule has 1 aliphatic heterocycles. The molecule has 7 nitrogen and oxygen atoms in total. The highest BCUT2D eigenvalue weighted by Crippen LogP contribution is 2.35. The zero-order valence-corrected chi connectivity index (χ0v) is 16.2. The second kappa shape index (κ2) is 7.61. The van der Waals surface area contributed by atoms with E-state index in [9.17, 15) is 18.3 Å². The van der Waals surface area contributed by atoms with Crippen LogP contribution in [0.2, 0.25) is 9.36 Å². The summed E-state index contributed by atoms with van der Waals surface area (Å²) in [6.45, 7) is 0.831. The van der Waals surface area contributed by atoms with Crippen LogP contribution < -0.4 is 4.72 Å². The number of hydrogen-bond donors (Lipinski definition) is 2. The lowest BCUT2D eigenvalue weighted by Gasteiger charge is -2.12. The van der Waals surface area contributed by atoms with E-state index in [1.54, 1.807) is 0 Å². The molecule has 0 amide bonds. The molecule has 0 spiro atoms. The van der Waals surface area contributed by atoms with Crippen molar-refractivity contribution in [3.63, 3.8) is 0 Å². The van der Waals surface area contributed by atoms with Crippen molar-refractivity contribution in [1.29, 1.82) is 0 Å². The molecule has 26 heavy (non-hydrogen) atoms. The normalized spacial score (nSPS) is 17.2. The van der Waals surface area contributed by atoms with E-state index < -0.39 is 21.7 Å². The van der Waals surface area contributed by atoms with Gasteiger partial charge in [-0.15, -0.1) is 11.3 Å². The number of phenolic OH excluding ortho intramolecular Hbond substituents is 1. The van der Waals surface area contributed by atoms with Gasteiger partial charge in [0.15, 0.2) is 0 Å². The van der Waals surface area contributed by atoms with Crippen molar-refractivity contribution in [2.24, 2.45) is 0 Å². The third-order valence-electron chi connectivity index (χ3n) is 3.52. The third kappa shape index (κ3) is 4.24. The molecule has 1 aliphatic rings. The first-order chi connectivity index (χ1) is 12.3. The van der Waals surface area contributed by atoms with Crippen LogP contribution >= 0.6 is 34.5 Å². The Kier molecular flexibility index (Phi) is 5.64. The Morgan fingerprint density at radius 1 is 1.35 bits per heavy atom. The number of benzene rings is 1. The highest BCUT2D eigenvalue weighted by atomic mass is 35.5. The molecule has 1 aromatic heterocycles. The summed E-state index contributed by atoms with van der Waals surface area (Å²) >= 11 is 12.4. The van der Waals surface area contributed by atoms with Crippen LogP contribution in [-0.4, -0.2) is 38.8 Å². The van der Waals surface area contributed by atoms with E-state index in [-0.39, 0.29) is 30.9 Å². The fourth-order valence-electron chi connectivity index (χ4n) is 2.25. The molecular weight excluding hydrogens is 425 g/mol. The molecule has 11 heteroatoms. The van der Waals surface area contributed by atoms with Gasteiger partial charge in [-0.2, -0.15) is 0 Å². The van der Waals surface area contributed by atoms with Crippen molar-refractivity contribution in [2.75, 3.05) is 17.9 Å². The molecule has 0 bridgehead atoms. The summed E-state index contributed by atoms with van der Waals surface area (Å²) in [5.74, 6) is -1.11. The number of thiophene rings is 1. The SMILES string of the molecule is O=C(OC1CCOC1)c1ccc(NS(=O)(=O)c2cc(Cl)c(Cl)s2)cc1O. The molecule has 0 radical (unpaired) electrons. The standard InChI is InChI=1S/C15H13Cl2NO6S2/c16-11-6-13(25-14(11)17)26(21,22)18-8-1-2-10(12(19)5-8)15(20)24-9-3-4-23-7-9/h1-2,5-6,9,18-19H,3-4,7H2. The van der Waals surface area contributed by atoms with E-state index in [4.69, 9.17) is 32.7 Å². The number of aromatic hydroxyl groups is 1. The first kappa shape index (κ1) is 19.2. The van der Waals surface area contributed by atoms with Gasteiger partial charge in [-0.25, -0.2) is 13.2 Å². The van der Waals surface area contributed by atoms with E-state index in [1.165, 1.54) is 18.2 Å². The highest BCUT2D eigenvalue weighted by molar-refractivity contribution is 7.94. The average Bonchev–Trinajstić information content (AvgIpc) is 3.17. The largest absolute Gasteiger partial charge is 0.507 e. The predicted molar refractivity (Wildman–Crippen MR) is 97.9 cm³/mol. The Balaban J connectivity index is 1.75. The molecule has 1 unspecified atom stereocenters. The number of ether oxygens (including phenoxy) is 2. The van der Waals surface area contributed by atoms with Crippen LogP contribution in [0.4, 0.5) is 5.69 Å². The number of esters is 1. The molecule has 0 aliphatic carbocycles. The Hall–Kier alpha value is -1.52. The van der Waals surface area contributed by atoms with Crippen LogP contribution in [0.3, 0.4) is 0 Å². The van der Waals surface area contributed by atoms with E-state index in [0.29, 0.717) is 19.6 Å². The summed E-state index contributed by atoms with van der Waals surface area (Å²) in [6.07, 6.45) is 0.240. The fourth-order valence-corrected chi connectivity index (χ4v) is 5.18. The van der Waals surface area contributed by atoms with Gasteiger partial charge in [0, 0.05) is 12.5 Å². The molecule has 2 aromatic rings. The summed E-state index contributed by atoms with van der Waals surface area (Å²) < 4.78 is 37.3. The number of carbonyl (C=O) groups is 1. The van der Waals surface area contributed by atoms with E-state index in [0.717, 1.165) is 17.4 Å². The van der Waals surface area contributed by atoms with Gasteiger partial charge in [-0.3, -0.25) is 4.72 Å². The molecule has 1 saturated heterocycles. The quantitative estimate of drug-likeness (QED) is 0.693. The van der Waals surface area contributed by atoms with Gasteiger partial charge in [0.1, 0.15) is 26.0 Å². The van der Waals surface area contributed by atoms with Gasteiger partial charge < -0.3 is 14.6 Å². The maximum atomic E-state index is 12.3. The Bertz CT molecular complexity index is 918. The number of rotatable bonds is 5. The molecule has 2 heterocycles. The second-order valence-corrected chi connectivity index (χ2v) is 9.39. The van der Waals surface area contributed by atoms with Crippen molar-refractivity contribution >= 4 is 56.2 Å². The first-order valence-corrected chi connectivity index (χ1v) is 10.4. The monoisotopic (exact) mass is 437 g/mol. The van der Waals surface area contributed by atoms with Crippen molar-refractivity contribution < 1.29 is 27.8 Å². The van der Waals surface area contributed by atoms with Gasteiger partial charge in [0.2, 0.25) is 0 Å². The van der Waals surface area contributed by atoms with Gasteiger partial charge in [-0.1, -0.05) is 23.2 Å². The van der Waals surface area contributed by atoms with Crippen LogP contribution in [-0.2, 0) is 19.5 Å². The van der Waals surface area contributed by atoms with Crippen LogP contribution in [0.5, 0.6) is 5.75 Å². The number of phenols is 1. The minimum Gasteiger partial charge on any atom is -0.507 e. The fraction of sp³-hybridized carbons (Fsp3) is 0.267. The van der Waals surface area contributed by atoms with Crippen LogP contribution in [0.1, 0.15) is 16.8 Å². The number of anilines is 1. The van der Waals surface area contributed by atoms with Gasteiger partial charge >= 0.3 is 5.97 Å². The van der Waals surface area contributed by atoms with E-state index in [1.807, 2.05) is 0 Å². The second-order valence-electron chi connectivity index (χ2n) is 5.42. The lowest BCUT2D eigenvalue weighted by molar-refractivity contribution is 0.0268. The lowest BCUT2D eigenvalue weighted by atomic mass is 10.2. The number of sulfonamides is 1. The molecule has 2 N–H and O–H groups in total. The molecule has 0 saturated carbocycles. The maximum absolute atomic E-state index is 12.3. The zero-order valence-electron chi connectivity index (χ0n) is 13.1. The van der Waals surface area contributed by atoms with Crippen LogP contribution in [0, 0.1) is 0 Å². The summed E-state index contributed by atoms with van der Waals surface area (Å²) in [4.78, 5) is 12.1. The van der Waals surface area contributed by atoms with Crippen molar-refractivity contribution in [1.82, 2.24) is 0 Å². The van der Waals surface area contributed by atoms with Gasteiger partial charge in [0.05, 0.1) is 23.9 Å². The number of halogens is 2. The summed E-state index contributed by atoms with van der Waals surface area (Å²) in [5.41, 5.74) is 0.00551. The molecular formula is C15H13Cl2NO6S2. The molecule has 1 aromatic carbocycles. The first-order valence-electron chi connectivity index (χ1n) is 7.35. The topological polar surface area (TPSA) is 102 Å². The Morgan fingerprint density at radius 2 is 2.12 bits per heavy atom. The van der Waals surface area contributed by atoms with E-state index >= 15 is 0 Å². The number of carbonyl (C=O) groups excluding carboxylic acids is 1. The van der Waals surface area contributed by atoms with Gasteiger partial charge in [-0.05, 0) is 18.2 Å². The maximum Gasteiger partial charge on any atom is 0.342 e. The smallest absolute Gasteiger partial charge is 0.342 e. The molecule has 3 rings (SSSR count). The Labute approximate surface area is 163 Å². The van der Waals surface area contributed by atoms with Crippen LogP contribution in [0.25, 0.3) is 0 Å². The zero-order chi connectivity index (χ0) is 18.9. The van der Waals surface area contributed by atoms with Crippen molar-refractivity contribution in [2.45, 2.75) is 16.7 Å². The molecule has 1 atom stereocenters. The van der Waals surface area contributed by atoms with Gasteiger partial charge in [0.25, 0.3) is 10.0 Å². The average molecular weight is 438 g/mol. The molecule has 140 valence electrons. The minimum atomic E-state index is -3.93. The highest BCUT2D eigenvalue weighted by Gasteiger charge is 2.24. The Morgan fingerprint density at radius 3 is 2.69 bits per heavy atom. The summed E-state index contributed by atoms with van der Waals surface area (Å²) in [7, 11) is -3.93. The predicted octanol–water partition coefficient (Wildman–Crippen LogP) is 3.51. The third-order valence-corrected chi connectivity index (χ3v) is 7.24. The minimum absolute atomic E-state index is 0.0675. The lowest BCUT2D eigenvalue weighted by Crippen LogP contribution is -2.18. The van der Waals surface area contributed by atoms with Crippen LogP contribution in [0.15, 0.2) is 28.5 Å². The number of nitrogens with one attached hydrogen (secondary N) is 1. The number of hydrogen-bond acceptors (Lipinski definition) is 7. The van der Waals surface area contributed by atoms with Crippen molar-refractivity contribution in [3.05, 3.63) is 39.2 Å². The van der Waals surface area contributed by atoms with Crippen molar-refractivity contribution in [3.8, 4) is 5.75 Å². The summed E-state index contributed by atoms with van der Waals surface area (Å²) in [6, 6.07) is 4.97.